The predicted octanol–water partition coefficient (Wildman–Crippen LogP) is 0.995. The lowest BCUT2D eigenvalue weighted by Gasteiger charge is -2.23. The molecule has 0 spiro atoms. The summed E-state index contributed by atoms with van der Waals surface area (Å²) < 4.78 is 53.0. The summed E-state index contributed by atoms with van der Waals surface area (Å²) in [7, 11) is -4.16. The second-order valence-corrected chi connectivity index (χ2v) is 5.87. The molecular weight excluding hydrogens is 262 g/mol. The van der Waals surface area contributed by atoms with Crippen molar-refractivity contribution in [1.82, 2.24) is 10.0 Å². The maximum Gasteiger partial charge on any atom is 0.246 e. The van der Waals surface area contributed by atoms with Gasteiger partial charge in [0.25, 0.3) is 0 Å². The van der Waals surface area contributed by atoms with Crippen molar-refractivity contribution in [1.29, 1.82) is 0 Å². The minimum atomic E-state index is -4.16. The molecule has 0 unspecified atom stereocenters. The largest absolute Gasteiger partial charge is 0.315 e. The molecule has 4 nitrogen and oxygen atoms in total. The van der Waals surface area contributed by atoms with Crippen LogP contribution in [-0.2, 0) is 10.0 Å². The molecule has 1 aliphatic heterocycles. The quantitative estimate of drug-likeness (QED) is 0.866. The Labute approximate surface area is 104 Å². The molecule has 1 aromatic rings. The van der Waals surface area contributed by atoms with Gasteiger partial charge in [-0.15, -0.1) is 0 Å². The topological polar surface area (TPSA) is 58.2 Å². The molecule has 1 fully saturated rings. The van der Waals surface area contributed by atoms with Gasteiger partial charge in [-0.25, -0.2) is 21.9 Å². The Morgan fingerprint density at radius 2 is 1.94 bits per heavy atom. The van der Waals surface area contributed by atoms with Crippen LogP contribution >= 0.6 is 0 Å². The number of hydrogen-bond acceptors (Lipinski definition) is 3. The predicted molar refractivity (Wildman–Crippen MR) is 62.6 cm³/mol. The maximum absolute atomic E-state index is 13.4. The van der Waals surface area contributed by atoms with Gasteiger partial charge < -0.3 is 5.32 Å². The summed E-state index contributed by atoms with van der Waals surface area (Å²) in [6.45, 7) is 1.29. The van der Waals surface area contributed by atoms with E-state index in [9.17, 15) is 17.2 Å². The van der Waals surface area contributed by atoms with Crippen LogP contribution in [0.1, 0.15) is 12.8 Å². The molecule has 0 amide bonds. The van der Waals surface area contributed by atoms with Crippen molar-refractivity contribution in [2.75, 3.05) is 13.1 Å². The van der Waals surface area contributed by atoms with E-state index in [0.29, 0.717) is 13.0 Å². The van der Waals surface area contributed by atoms with E-state index < -0.39 is 26.6 Å². The molecule has 1 aromatic carbocycles. The first-order valence-electron chi connectivity index (χ1n) is 5.68. The standard InChI is InChI=1S/C11H14F2N2O2S/c12-9-4-1-5-10(13)11(9)18(16,17)15-8-3-2-6-14-7-8/h1,4-5,8,14-15H,2-3,6-7H2/t8-/m1/s1. The monoisotopic (exact) mass is 276 g/mol. The number of piperidine rings is 1. The highest BCUT2D eigenvalue weighted by atomic mass is 32.2. The van der Waals surface area contributed by atoms with Gasteiger partial charge in [0.1, 0.15) is 11.6 Å². The molecule has 1 aliphatic rings. The van der Waals surface area contributed by atoms with Crippen LogP contribution < -0.4 is 10.0 Å². The van der Waals surface area contributed by atoms with E-state index in [-0.39, 0.29) is 6.04 Å². The van der Waals surface area contributed by atoms with Crippen molar-refractivity contribution in [3.05, 3.63) is 29.8 Å². The molecule has 1 heterocycles. The molecule has 100 valence electrons. The summed E-state index contributed by atoms with van der Waals surface area (Å²) in [5.74, 6) is -2.16. The Morgan fingerprint density at radius 1 is 1.28 bits per heavy atom. The van der Waals surface area contributed by atoms with Crippen molar-refractivity contribution < 1.29 is 17.2 Å². The molecule has 0 saturated carbocycles. The van der Waals surface area contributed by atoms with Crippen LogP contribution in [0, 0.1) is 11.6 Å². The van der Waals surface area contributed by atoms with E-state index in [1.807, 2.05) is 0 Å². The van der Waals surface area contributed by atoms with Gasteiger partial charge in [0, 0.05) is 12.6 Å². The van der Waals surface area contributed by atoms with Crippen LogP contribution in [0.2, 0.25) is 0 Å². The summed E-state index contributed by atoms with van der Waals surface area (Å²) in [6.07, 6.45) is 1.48. The summed E-state index contributed by atoms with van der Waals surface area (Å²) in [5.41, 5.74) is 0. The van der Waals surface area contributed by atoms with Crippen LogP contribution in [0.4, 0.5) is 8.78 Å². The number of hydrogen-bond donors (Lipinski definition) is 2. The highest BCUT2D eigenvalue weighted by Crippen LogP contribution is 2.19. The lowest BCUT2D eigenvalue weighted by atomic mass is 10.1. The third kappa shape index (κ3) is 2.85. The molecule has 1 saturated heterocycles. The SMILES string of the molecule is O=S(=O)(N[C@@H]1CCCNC1)c1c(F)cccc1F. The Balaban J connectivity index is 2.25. The Bertz CT molecular complexity index is 508. The third-order valence-corrected chi connectivity index (χ3v) is 4.38. The van der Waals surface area contributed by atoms with E-state index in [2.05, 4.69) is 10.0 Å². The van der Waals surface area contributed by atoms with Crippen molar-refractivity contribution in [2.24, 2.45) is 0 Å². The van der Waals surface area contributed by atoms with E-state index >= 15 is 0 Å². The smallest absolute Gasteiger partial charge is 0.246 e. The highest BCUT2D eigenvalue weighted by Gasteiger charge is 2.27. The van der Waals surface area contributed by atoms with Gasteiger partial charge in [0.05, 0.1) is 0 Å². The first-order chi connectivity index (χ1) is 8.50. The Morgan fingerprint density at radius 3 is 2.50 bits per heavy atom. The fraction of sp³-hybridized carbons (Fsp3) is 0.455. The number of halogens is 2. The fourth-order valence-corrected chi connectivity index (χ4v) is 3.38. The average molecular weight is 276 g/mol. The second-order valence-electron chi connectivity index (χ2n) is 4.22. The lowest BCUT2D eigenvalue weighted by Crippen LogP contribution is -2.45. The third-order valence-electron chi connectivity index (χ3n) is 2.81. The minimum absolute atomic E-state index is 0.331. The first kappa shape index (κ1) is 13.4. The molecule has 0 radical (unpaired) electrons. The van der Waals surface area contributed by atoms with Crippen LogP contribution in [0.3, 0.4) is 0 Å². The van der Waals surface area contributed by atoms with Crippen LogP contribution in [0.5, 0.6) is 0 Å². The molecule has 18 heavy (non-hydrogen) atoms. The lowest BCUT2D eigenvalue weighted by molar-refractivity contribution is 0.425. The summed E-state index contributed by atoms with van der Waals surface area (Å²) in [6, 6.07) is 2.65. The van der Waals surface area contributed by atoms with Gasteiger partial charge in [0.2, 0.25) is 10.0 Å². The molecule has 0 bridgehead atoms. The van der Waals surface area contributed by atoms with E-state index in [4.69, 9.17) is 0 Å². The first-order valence-corrected chi connectivity index (χ1v) is 7.16. The summed E-state index contributed by atoms with van der Waals surface area (Å²) in [5, 5.41) is 3.02. The van der Waals surface area contributed by atoms with Gasteiger partial charge in [-0.05, 0) is 31.5 Å². The van der Waals surface area contributed by atoms with Crippen LogP contribution in [0.15, 0.2) is 23.1 Å². The van der Waals surface area contributed by atoms with Crippen LogP contribution in [0.25, 0.3) is 0 Å². The van der Waals surface area contributed by atoms with E-state index in [1.54, 1.807) is 0 Å². The number of nitrogens with one attached hydrogen (secondary N) is 2. The zero-order chi connectivity index (χ0) is 13.2. The Hall–Kier alpha value is -1.05. The summed E-state index contributed by atoms with van der Waals surface area (Å²) in [4.78, 5) is -0.907. The molecule has 2 N–H and O–H groups in total. The maximum atomic E-state index is 13.4. The molecular formula is C11H14F2N2O2S. The molecule has 0 aromatic heterocycles. The number of sulfonamides is 1. The molecule has 7 heteroatoms. The molecule has 0 aliphatic carbocycles. The van der Waals surface area contributed by atoms with Gasteiger partial charge in [-0.1, -0.05) is 6.07 Å². The van der Waals surface area contributed by atoms with Gasteiger partial charge in [-0.3, -0.25) is 0 Å². The van der Waals surface area contributed by atoms with Crippen molar-refractivity contribution >= 4 is 10.0 Å². The normalized spacial score (nSPS) is 20.9. The summed E-state index contributed by atoms with van der Waals surface area (Å²) >= 11 is 0. The zero-order valence-electron chi connectivity index (χ0n) is 9.62. The molecule has 2 rings (SSSR count). The highest BCUT2D eigenvalue weighted by molar-refractivity contribution is 7.89. The van der Waals surface area contributed by atoms with Gasteiger partial charge >= 0.3 is 0 Å². The van der Waals surface area contributed by atoms with Gasteiger partial charge in [-0.2, -0.15) is 0 Å². The van der Waals surface area contributed by atoms with E-state index in [1.165, 1.54) is 0 Å². The minimum Gasteiger partial charge on any atom is -0.315 e. The number of benzene rings is 1. The van der Waals surface area contributed by atoms with Crippen LogP contribution in [-0.4, -0.2) is 27.5 Å². The average Bonchev–Trinajstić information content (AvgIpc) is 2.28. The van der Waals surface area contributed by atoms with Gasteiger partial charge in [0.15, 0.2) is 4.90 Å². The zero-order valence-corrected chi connectivity index (χ0v) is 10.4. The van der Waals surface area contributed by atoms with Crippen molar-refractivity contribution in [3.63, 3.8) is 0 Å². The van der Waals surface area contributed by atoms with Crippen molar-refractivity contribution in [3.8, 4) is 0 Å². The van der Waals surface area contributed by atoms with E-state index in [0.717, 1.165) is 31.2 Å². The Kier molecular flexibility index (Phi) is 3.94. The number of rotatable bonds is 3. The van der Waals surface area contributed by atoms with Crippen molar-refractivity contribution in [2.45, 2.75) is 23.8 Å². The molecule has 1 atom stereocenters. The fourth-order valence-electron chi connectivity index (χ4n) is 1.97. The second kappa shape index (κ2) is 5.29.